The number of fused-ring (bicyclic) bond motifs is 3. The summed E-state index contributed by atoms with van der Waals surface area (Å²) in [6.07, 6.45) is 6.92. The number of aryl methyl sites for hydroxylation is 1. The predicted molar refractivity (Wildman–Crippen MR) is 131 cm³/mol. The summed E-state index contributed by atoms with van der Waals surface area (Å²) in [4.78, 5) is 19.1. The van der Waals surface area contributed by atoms with E-state index in [4.69, 9.17) is 19.3 Å². The number of hydrogen-bond donors (Lipinski definition) is 0. The minimum absolute atomic E-state index is 0.126. The predicted octanol–water partition coefficient (Wildman–Crippen LogP) is 3.71. The molecule has 10 heteroatoms. The monoisotopic (exact) mass is 471 g/mol. The van der Waals surface area contributed by atoms with Crippen LogP contribution in [0.1, 0.15) is 28.2 Å². The van der Waals surface area contributed by atoms with Gasteiger partial charge in [0.1, 0.15) is 12.0 Å². The zero-order valence-corrected chi connectivity index (χ0v) is 20.0. The fourth-order valence-corrected chi connectivity index (χ4v) is 4.03. The first-order valence-electron chi connectivity index (χ1n) is 11.0. The number of benzene rings is 1. The Bertz CT molecular complexity index is 1520. The Balaban J connectivity index is 1.37. The van der Waals surface area contributed by atoms with E-state index in [1.165, 1.54) is 0 Å². The summed E-state index contributed by atoms with van der Waals surface area (Å²) < 4.78 is 14.4. The van der Waals surface area contributed by atoms with Gasteiger partial charge in [-0.2, -0.15) is 0 Å². The van der Waals surface area contributed by atoms with Crippen LogP contribution >= 0.6 is 0 Å². The third-order valence-electron chi connectivity index (χ3n) is 5.93. The van der Waals surface area contributed by atoms with Crippen molar-refractivity contribution >= 4 is 22.9 Å². The van der Waals surface area contributed by atoms with Gasteiger partial charge in [-0.15, -0.1) is 5.10 Å². The lowest BCUT2D eigenvalue weighted by atomic mass is 10.2. The standard InChI is InChI=1S/C25H25N7O3/c1-16-17(2)31(13-19-6-5-9-26-11-19)24-23(16)25-29-22(30-32(25)15-27-24)14-35-28-12-18-7-8-20(33-3)21(10-18)34-4/h5-12,15H,13-14H2,1-4H3/b28-12-. The normalized spacial score (nSPS) is 11.5. The van der Waals surface area contributed by atoms with Crippen LogP contribution in [0.15, 0.2) is 54.2 Å². The van der Waals surface area contributed by atoms with Crippen molar-refractivity contribution in [3.63, 3.8) is 0 Å². The summed E-state index contributed by atoms with van der Waals surface area (Å²) in [6.45, 7) is 4.98. The van der Waals surface area contributed by atoms with E-state index in [1.807, 2.05) is 30.5 Å². The molecule has 35 heavy (non-hydrogen) atoms. The van der Waals surface area contributed by atoms with Gasteiger partial charge in [-0.05, 0) is 49.2 Å². The van der Waals surface area contributed by atoms with Crippen molar-refractivity contribution in [2.45, 2.75) is 27.0 Å². The number of hydrogen-bond acceptors (Lipinski definition) is 8. The number of oxime groups is 1. The second kappa shape index (κ2) is 9.41. The van der Waals surface area contributed by atoms with E-state index in [0.717, 1.165) is 39.1 Å². The summed E-state index contributed by atoms with van der Waals surface area (Å²) in [7, 11) is 3.19. The zero-order valence-electron chi connectivity index (χ0n) is 20.0. The molecule has 5 aromatic rings. The molecule has 10 nitrogen and oxygen atoms in total. The largest absolute Gasteiger partial charge is 0.493 e. The fraction of sp³-hybridized carbons (Fsp3) is 0.240. The van der Waals surface area contributed by atoms with Crippen molar-refractivity contribution in [3.8, 4) is 11.5 Å². The van der Waals surface area contributed by atoms with E-state index in [0.29, 0.717) is 23.9 Å². The van der Waals surface area contributed by atoms with E-state index in [-0.39, 0.29) is 6.61 Å². The van der Waals surface area contributed by atoms with E-state index >= 15 is 0 Å². The summed E-state index contributed by atoms with van der Waals surface area (Å²) in [5.74, 6) is 1.79. The topological polar surface area (TPSA) is 101 Å². The lowest BCUT2D eigenvalue weighted by Crippen LogP contribution is -2.03. The second-order valence-electron chi connectivity index (χ2n) is 8.02. The molecule has 0 spiro atoms. The Kier molecular flexibility index (Phi) is 6.01. The number of aromatic nitrogens is 6. The minimum atomic E-state index is 0.126. The molecule has 0 amide bonds. The van der Waals surface area contributed by atoms with Crippen molar-refractivity contribution in [1.29, 1.82) is 0 Å². The molecule has 1 aromatic carbocycles. The Morgan fingerprint density at radius 2 is 1.91 bits per heavy atom. The molecule has 0 aliphatic rings. The highest BCUT2D eigenvalue weighted by molar-refractivity contribution is 5.94. The average Bonchev–Trinajstić information content (AvgIpc) is 3.41. The Labute approximate surface area is 201 Å². The van der Waals surface area contributed by atoms with Crippen molar-refractivity contribution < 1.29 is 14.3 Å². The molecule has 0 fully saturated rings. The molecule has 0 radical (unpaired) electrons. The van der Waals surface area contributed by atoms with Crippen molar-refractivity contribution in [1.82, 2.24) is 29.1 Å². The molecule has 4 aromatic heterocycles. The van der Waals surface area contributed by atoms with Gasteiger partial charge in [-0.1, -0.05) is 11.2 Å². The first-order valence-corrected chi connectivity index (χ1v) is 11.0. The molecule has 0 N–H and O–H groups in total. The lowest BCUT2D eigenvalue weighted by Gasteiger charge is -2.07. The maximum absolute atomic E-state index is 5.46. The van der Waals surface area contributed by atoms with E-state index in [1.54, 1.807) is 37.5 Å². The van der Waals surface area contributed by atoms with Gasteiger partial charge in [0.2, 0.25) is 0 Å². The summed E-state index contributed by atoms with van der Waals surface area (Å²) in [5.41, 5.74) is 5.78. The molecule has 5 rings (SSSR count). The summed E-state index contributed by atoms with van der Waals surface area (Å²) in [5, 5.41) is 9.53. The van der Waals surface area contributed by atoms with Crippen LogP contribution in [0.4, 0.5) is 0 Å². The van der Waals surface area contributed by atoms with Crippen LogP contribution in [0, 0.1) is 13.8 Å². The van der Waals surface area contributed by atoms with Gasteiger partial charge in [0.15, 0.2) is 29.6 Å². The van der Waals surface area contributed by atoms with E-state index < -0.39 is 0 Å². The molecule has 0 atom stereocenters. The highest BCUT2D eigenvalue weighted by Crippen LogP contribution is 2.28. The lowest BCUT2D eigenvalue weighted by molar-refractivity contribution is 0.126. The Morgan fingerprint density at radius 1 is 1.06 bits per heavy atom. The molecule has 0 aliphatic heterocycles. The average molecular weight is 472 g/mol. The van der Waals surface area contributed by atoms with E-state index in [9.17, 15) is 0 Å². The van der Waals surface area contributed by atoms with Crippen molar-refractivity contribution in [2.75, 3.05) is 14.2 Å². The zero-order chi connectivity index (χ0) is 24.4. The number of methoxy groups -OCH3 is 2. The molecule has 0 aliphatic carbocycles. The fourth-order valence-electron chi connectivity index (χ4n) is 4.03. The summed E-state index contributed by atoms with van der Waals surface area (Å²) in [6, 6.07) is 9.49. The van der Waals surface area contributed by atoms with Crippen LogP contribution in [0.5, 0.6) is 11.5 Å². The van der Waals surface area contributed by atoms with Crippen LogP contribution in [-0.4, -0.2) is 49.6 Å². The van der Waals surface area contributed by atoms with Crippen LogP contribution in [0.25, 0.3) is 16.7 Å². The Hall–Kier alpha value is -4.47. The van der Waals surface area contributed by atoms with Crippen LogP contribution in [-0.2, 0) is 18.0 Å². The van der Waals surface area contributed by atoms with Gasteiger partial charge in [-0.3, -0.25) is 4.98 Å². The van der Waals surface area contributed by atoms with Crippen LogP contribution < -0.4 is 9.47 Å². The first kappa shape index (κ1) is 22.3. The van der Waals surface area contributed by atoms with Crippen LogP contribution in [0.3, 0.4) is 0 Å². The number of ether oxygens (including phenoxy) is 2. The molecule has 4 heterocycles. The molecule has 0 bridgehead atoms. The maximum atomic E-state index is 5.46. The van der Waals surface area contributed by atoms with Gasteiger partial charge in [0.25, 0.3) is 0 Å². The maximum Gasteiger partial charge on any atom is 0.192 e. The number of nitrogens with zero attached hydrogens (tertiary/aromatic N) is 7. The van der Waals surface area contributed by atoms with Crippen LogP contribution in [0.2, 0.25) is 0 Å². The molecule has 0 saturated carbocycles. The smallest absolute Gasteiger partial charge is 0.192 e. The summed E-state index contributed by atoms with van der Waals surface area (Å²) >= 11 is 0. The minimum Gasteiger partial charge on any atom is -0.493 e. The third-order valence-corrected chi connectivity index (χ3v) is 5.93. The number of rotatable bonds is 8. The molecule has 178 valence electrons. The van der Waals surface area contributed by atoms with Gasteiger partial charge in [0, 0.05) is 23.7 Å². The first-order chi connectivity index (χ1) is 17.1. The Morgan fingerprint density at radius 3 is 2.69 bits per heavy atom. The van der Waals surface area contributed by atoms with Crippen molar-refractivity contribution in [2.24, 2.45) is 5.16 Å². The van der Waals surface area contributed by atoms with Gasteiger partial charge < -0.3 is 18.9 Å². The quantitative estimate of drug-likeness (QED) is 0.251. The van der Waals surface area contributed by atoms with E-state index in [2.05, 4.69) is 44.7 Å². The van der Waals surface area contributed by atoms with Crippen molar-refractivity contribution in [3.05, 3.63) is 77.3 Å². The highest BCUT2D eigenvalue weighted by Gasteiger charge is 2.18. The van der Waals surface area contributed by atoms with Gasteiger partial charge in [0.05, 0.1) is 32.4 Å². The third kappa shape index (κ3) is 4.25. The molecular formula is C25H25N7O3. The molecular weight excluding hydrogens is 446 g/mol. The molecule has 0 unspecified atom stereocenters. The highest BCUT2D eigenvalue weighted by atomic mass is 16.6. The number of pyridine rings is 1. The second-order valence-corrected chi connectivity index (χ2v) is 8.02. The molecule has 0 saturated heterocycles. The SMILES string of the molecule is COc1ccc(/C=N\OCc2nc3c4c(C)c(C)n(Cc5cccnc5)c4ncn3n2)cc1OC. The van der Waals surface area contributed by atoms with Gasteiger partial charge in [-0.25, -0.2) is 14.5 Å². The van der Waals surface area contributed by atoms with Gasteiger partial charge >= 0.3 is 0 Å².